The van der Waals surface area contributed by atoms with Crippen molar-refractivity contribution in [2.45, 2.75) is 26.8 Å². The summed E-state index contributed by atoms with van der Waals surface area (Å²) in [6.07, 6.45) is -3.30. The van der Waals surface area contributed by atoms with Crippen molar-refractivity contribution in [3.8, 4) is 16.9 Å². The van der Waals surface area contributed by atoms with Crippen LogP contribution in [0.5, 0.6) is 5.75 Å². The Bertz CT molecular complexity index is 1780. The molecule has 0 saturated carbocycles. The summed E-state index contributed by atoms with van der Waals surface area (Å²) < 4.78 is 61.8. The summed E-state index contributed by atoms with van der Waals surface area (Å²) in [6.45, 7) is 3.88. The molecule has 41 heavy (non-hydrogen) atoms. The van der Waals surface area contributed by atoms with Gasteiger partial charge in [-0.05, 0) is 72.5 Å². The van der Waals surface area contributed by atoms with E-state index < -0.39 is 29.5 Å². The first kappa shape index (κ1) is 27.8. The van der Waals surface area contributed by atoms with Crippen molar-refractivity contribution < 1.29 is 31.9 Å². The Kier molecular flexibility index (Phi) is 7.22. The quantitative estimate of drug-likeness (QED) is 0.218. The average Bonchev–Trinajstić information content (AvgIpc) is 3.52. The highest BCUT2D eigenvalue weighted by molar-refractivity contribution is 7.21. The first-order valence-corrected chi connectivity index (χ1v) is 12.9. The van der Waals surface area contributed by atoms with E-state index >= 15 is 0 Å². The number of hydrogen-bond acceptors (Lipinski definition) is 6. The van der Waals surface area contributed by atoms with Crippen LogP contribution in [0.3, 0.4) is 0 Å². The molecule has 8 nitrogen and oxygen atoms in total. The average molecular weight is 584 g/mol. The summed E-state index contributed by atoms with van der Waals surface area (Å²) >= 11 is 0.605. The Balaban J connectivity index is 1.51. The number of halogens is 4. The van der Waals surface area contributed by atoms with Crippen LogP contribution in [-0.4, -0.2) is 26.6 Å². The van der Waals surface area contributed by atoms with Gasteiger partial charge < -0.3 is 15.8 Å². The maximum atomic E-state index is 13.7. The normalized spacial score (nSPS) is 11.6. The van der Waals surface area contributed by atoms with Crippen molar-refractivity contribution in [3.05, 3.63) is 94.0 Å². The molecule has 2 aromatic carbocycles. The zero-order valence-electron chi connectivity index (χ0n) is 21.5. The van der Waals surface area contributed by atoms with Crippen LogP contribution in [0.15, 0.2) is 60.8 Å². The van der Waals surface area contributed by atoms with Crippen LogP contribution >= 0.6 is 11.3 Å². The molecule has 0 atom stereocenters. The molecular weight excluding hydrogens is 562 g/mol. The van der Waals surface area contributed by atoms with Crippen molar-refractivity contribution in [2.24, 2.45) is 5.73 Å². The van der Waals surface area contributed by atoms with Gasteiger partial charge in [-0.1, -0.05) is 18.2 Å². The predicted molar refractivity (Wildman–Crippen MR) is 145 cm³/mol. The van der Waals surface area contributed by atoms with E-state index in [9.17, 15) is 27.2 Å². The van der Waals surface area contributed by atoms with Gasteiger partial charge in [-0.15, -0.1) is 11.3 Å². The minimum atomic E-state index is -4.81. The number of pyridine rings is 1. The topological polar surface area (TPSA) is 112 Å². The number of carbonyl (C=O) groups is 2. The highest BCUT2D eigenvalue weighted by atomic mass is 32.1. The van der Waals surface area contributed by atoms with Gasteiger partial charge in [-0.2, -0.15) is 18.3 Å². The highest BCUT2D eigenvalue weighted by Gasteiger charge is 2.35. The molecule has 0 fully saturated rings. The first-order valence-electron chi connectivity index (χ1n) is 12.1. The molecule has 210 valence electrons. The molecule has 0 aliphatic heterocycles. The van der Waals surface area contributed by atoms with Gasteiger partial charge in [0.15, 0.2) is 12.4 Å². The van der Waals surface area contributed by atoms with Gasteiger partial charge >= 0.3 is 6.18 Å². The number of amides is 2. The van der Waals surface area contributed by atoms with Crippen molar-refractivity contribution in [1.29, 1.82) is 0 Å². The van der Waals surface area contributed by atoms with Gasteiger partial charge in [-0.25, -0.2) is 14.1 Å². The standard InChI is InChI=1S/C28H21F4N5O3S/c1-14-9-15(2)11-18(10-14)40-13-37-8-7-20(36-37)26(39)35-23-22-19(16-3-5-17(29)6-4-16)12-21(28(30,31)32)34-27(22)41-24(23)25(33)38/h3-12H,13H2,1-2H3,(H2,33,38)(H,35,39). The van der Waals surface area contributed by atoms with Gasteiger partial charge in [0.25, 0.3) is 11.8 Å². The Morgan fingerprint density at radius 1 is 1.05 bits per heavy atom. The summed E-state index contributed by atoms with van der Waals surface area (Å²) in [5.74, 6) is -1.70. The molecule has 13 heteroatoms. The molecule has 3 aromatic heterocycles. The van der Waals surface area contributed by atoms with Gasteiger partial charge in [-0.3, -0.25) is 9.59 Å². The fourth-order valence-corrected chi connectivity index (χ4v) is 5.29. The van der Waals surface area contributed by atoms with Gasteiger partial charge in [0.05, 0.1) is 5.69 Å². The number of rotatable bonds is 7. The second-order valence-electron chi connectivity index (χ2n) is 9.20. The van der Waals surface area contributed by atoms with E-state index in [0.29, 0.717) is 17.1 Å². The van der Waals surface area contributed by atoms with E-state index in [0.717, 1.165) is 29.3 Å². The third-order valence-corrected chi connectivity index (χ3v) is 7.10. The van der Waals surface area contributed by atoms with E-state index in [2.05, 4.69) is 15.4 Å². The number of thiophene rings is 1. The monoisotopic (exact) mass is 583 g/mol. The largest absolute Gasteiger partial charge is 0.471 e. The Hall–Kier alpha value is -4.78. The lowest BCUT2D eigenvalue weighted by molar-refractivity contribution is -0.140. The molecular formula is C28H21F4N5O3S. The summed E-state index contributed by atoms with van der Waals surface area (Å²) in [4.78, 5) is 28.8. The lowest BCUT2D eigenvalue weighted by atomic mass is 10.0. The van der Waals surface area contributed by atoms with Crippen LogP contribution in [0.2, 0.25) is 0 Å². The van der Waals surface area contributed by atoms with Crippen LogP contribution in [0, 0.1) is 19.7 Å². The molecule has 0 bridgehead atoms. The second kappa shape index (κ2) is 10.7. The molecule has 0 aliphatic rings. The Morgan fingerprint density at radius 2 is 1.73 bits per heavy atom. The van der Waals surface area contributed by atoms with E-state index in [1.54, 1.807) is 0 Å². The highest BCUT2D eigenvalue weighted by Crippen LogP contribution is 2.43. The maximum absolute atomic E-state index is 13.7. The van der Waals surface area contributed by atoms with Crippen LogP contribution in [0.4, 0.5) is 23.2 Å². The van der Waals surface area contributed by atoms with E-state index in [-0.39, 0.29) is 44.3 Å². The number of nitrogens with two attached hydrogens (primary N) is 1. The molecule has 0 saturated heterocycles. The minimum Gasteiger partial charge on any atom is -0.471 e. The van der Waals surface area contributed by atoms with Gasteiger partial charge in [0.1, 0.15) is 27.0 Å². The lowest BCUT2D eigenvalue weighted by Crippen LogP contribution is -2.18. The van der Waals surface area contributed by atoms with Crippen LogP contribution in [-0.2, 0) is 12.9 Å². The van der Waals surface area contributed by atoms with E-state index in [4.69, 9.17) is 10.5 Å². The first-order chi connectivity index (χ1) is 19.4. The number of ether oxygens (including phenoxy) is 1. The number of aromatic nitrogens is 3. The molecule has 0 spiro atoms. The molecule has 0 unspecified atom stereocenters. The van der Waals surface area contributed by atoms with Crippen LogP contribution in [0.1, 0.15) is 37.0 Å². The predicted octanol–water partition coefficient (Wildman–Crippen LogP) is 6.32. The molecule has 2 amide bonds. The number of hydrogen-bond donors (Lipinski definition) is 2. The maximum Gasteiger partial charge on any atom is 0.433 e. The Labute approximate surface area is 234 Å². The summed E-state index contributed by atoms with van der Waals surface area (Å²) in [5.41, 5.74) is 6.37. The summed E-state index contributed by atoms with van der Waals surface area (Å²) in [7, 11) is 0. The molecule has 3 heterocycles. The van der Waals surface area contributed by atoms with Crippen molar-refractivity contribution in [2.75, 3.05) is 5.32 Å². The van der Waals surface area contributed by atoms with E-state index in [1.165, 1.54) is 29.1 Å². The molecule has 0 radical (unpaired) electrons. The van der Waals surface area contributed by atoms with E-state index in [1.807, 2.05) is 32.0 Å². The summed E-state index contributed by atoms with van der Waals surface area (Å²) in [6, 6.07) is 12.6. The molecule has 5 rings (SSSR count). The SMILES string of the molecule is Cc1cc(C)cc(OCn2ccc(C(=O)Nc3c(C(N)=O)sc4nc(C(F)(F)F)cc(-c5ccc(F)cc5)c34)n2)c1. The zero-order valence-corrected chi connectivity index (χ0v) is 22.4. The van der Waals surface area contributed by atoms with Gasteiger partial charge in [0.2, 0.25) is 0 Å². The fraction of sp³-hybridized carbons (Fsp3) is 0.143. The number of nitrogens with one attached hydrogen (secondary N) is 1. The Morgan fingerprint density at radius 3 is 2.37 bits per heavy atom. The van der Waals surface area contributed by atoms with Crippen LogP contribution in [0.25, 0.3) is 21.3 Å². The summed E-state index contributed by atoms with van der Waals surface area (Å²) in [5, 5.41) is 6.82. The molecule has 0 aliphatic carbocycles. The van der Waals surface area contributed by atoms with Crippen molar-refractivity contribution >= 4 is 39.1 Å². The number of nitrogens with zero attached hydrogens (tertiary/aromatic N) is 3. The number of aryl methyl sites for hydroxylation is 2. The number of fused-ring (bicyclic) bond motifs is 1. The number of anilines is 1. The number of primary amides is 1. The third-order valence-electron chi connectivity index (χ3n) is 6.00. The second-order valence-corrected chi connectivity index (χ2v) is 10.2. The lowest BCUT2D eigenvalue weighted by Gasteiger charge is -2.12. The van der Waals surface area contributed by atoms with Crippen LogP contribution < -0.4 is 15.8 Å². The number of alkyl halides is 3. The third kappa shape index (κ3) is 5.89. The van der Waals surface area contributed by atoms with Crippen molar-refractivity contribution in [3.63, 3.8) is 0 Å². The molecule has 3 N–H and O–H groups in total. The smallest absolute Gasteiger partial charge is 0.433 e. The molecule has 5 aromatic rings. The number of carbonyl (C=O) groups excluding carboxylic acids is 2. The minimum absolute atomic E-state index is 0.00292. The number of benzene rings is 2. The fourth-order valence-electron chi connectivity index (χ4n) is 4.28. The van der Waals surface area contributed by atoms with Gasteiger partial charge in [0, 0.05) is 11.6 Å². The zero-order chi connectivity index (χ0) is 29.5. The van der Waals surface area contributed by atoms with Crippen molar-refractivity contribution in [1.82, 2.24) is 14.8 Å².